The summed E-state index contributed by atoms with van der Waals surface area (Å²) in [5, 5.41) is 9.44. The molecule has 0 fully saturated rings. The molecule has 0 aliphatic heterocycles. The standard InChI is InChI=1S/C8H8FI2NO.ClH/c9-3-7(12)4-1-5(10)8(13)6(11)2-4;/h1-2,7,13H,3,12H2;1H/t7-;/m1./s1. The molecule has 0 heterocycles. The van der Waals surface area contributed by atoms with Gasteiger partial charge in [0.15, 0.2) is 0 Å². The highest BCUT2D eigenvalue weighted by Crippen LogP contribution is 2.29. The topological polar surface area (TPSA) is 46.2 Å². The fourth-order valence-corrected chi connectivity index (χ4v) is 2.70. The highest BCUT2D eigenvalue weighted by Gasteiger charge is 2.10. The molecule has 3 N–H and O–H groups in total. The molecule has 0 bridgehead atoms. The minimum atomic E-state index is -0.595. The lowest BCUT2D eigenvalue weighted by atomic mass is 10.1. The van der Waals surface area contributed by atoms with Crippen molar-refractivity contribution in [1.82, 2.24) is 0 Å². The lowest BCUT2D eigenvalue weighted by molar-refractivity contribution is 0.435. The smallest absolute Gasteiger partial charge is 0.142 e. The molecule has 1 aromatic rings. The van der Waals surface area contributed by atoms with Gasteiger partial charge in [0.05, 0.1) is 13.2 Å². The van der Waals surface area contributed by atoms with Gasteiger partial charge in [-0.3, -0.25) is 0 Å². The minimum Gasteiger partial charge on any atom is -0.506 e. The second kappa shape index (κ2) is 6.29. The molecule has 0 aromatic heterocycles. The minimum absolute atomic E-state index is 0. The molecule has 80 valence electrons. The number of benzene rings is 1. The van der Waals surface area contributed by atoms with Crippen LogP contribution < -0.4 is 5.73 Å². The molecule has 1 aromatic carbocycles. The van der Waals surface area contributed by atoms with Crippen molar-refractivity contribution in [2.75, 3.05) is 6.67 Å². The first-order valence-electron chi connectivity index (χ1n) is 3.55. The van der Waals surface area contributed by atoms with Gasteiger partial charge in [0, 0.05) is 0 Å². The van der Waals surface area contributed by atoms with E-state index in [2.05, 4.69) is 0 Å². The van der Waals surface area contributed by atoms with Gasteiger partial charge in [0.1, 0.15) is 12.4 Å². The molecule has 0 aliphatic carbocycles. The molecule has 0 radical (unpaired) electrons. The van der Waals surface area contributed by atoms with Crippen molar-refractivity contribution in [2.24, 2.45) is 5.73 Å². The van der Waals surface area contributed by atoms with Crippen LogP contribution in [-0.2, 0) is 0 Å². The maximum Gasteiger partial charge on any atom is 0.142 e. The molecule has 6 heteroatoms. The quantitative estimate of drug-likeness (QED) is 0.691. The third kappa shape index (κ3) is 3.35. The van der Waals surface area contributed by atoms with Crippen molar-refractivity contribution in [2.45, 2.75) is 6.04 Å². The second-order valence-electron chi connectivity index (χ2n) is 2.59. The van der Waals surface area contributed by atoms with Crippen LogP contribution in [0, 0.1) is 7.14 Å². The lowest BCUT2D eigenvalue weighted by Gasteiger charge is -2.09. The van der Waals surface area contributed by atoms with Crippen LogP contribution in [0.15, 0.2) is 12.1 Å². The van der Waals surface area contributed by atoms with Crippen molar-refractivity contribution in [1.29, 1.82) is 0 Å². The van der Waals surface area contributed by atoms with E-state index in [1.807, 2.05) is 45.2 Å². The maximum absolute atomic E-state index is 12.2. The number of phenolic OH excluding ortho intramolecular Hbond substituents is 1. The van der Waals surface area contributed by atoms with Crippen LogP contribution in [0.4, 0.5) is 4.39 Å². The summed E-state index contributed by atoms with van der Waals surface area (Å²) in [6, 6.07) is 2.80. The van der Waals surface area contributed by atoms with Gasteiger partial charge in [-0.15, -0.1) is 12.4 Å². The van der Waals surface area contributed by atoms with Crippen LogP contribution >= 0.6 is 57.6 Å². The van der Waals surface area contributed by atoms with Gasteiger partial charge < -0.3 is 10.8 Å². The van der Waals surface area contributed by atoms with Crippen LogP contribution in [0.25, 0.3) is 0 Å². The molecule has 2 nitrogen and oxygen atoms in total. The largest absolute Gasteiger partial charge is 0.506 e. The molecule has 0 unspecified atom stereocenters. The van der Waals surface area contributed by atoms with Crippen LogP contribution in [0.2, 0.25) is 0 Å². The average molecular weight is 443 g/mol. The molecule has 0 saturated heterocycles. The molecule has 0 amide bonds. The predicted molar refractivity (Wildman–Crippen MR) is 73.7 cm³/mol. The molecule has 1 atom stereocenters. The first kappa shape index (κ1) is 14.7. The van der Waals surface area contributed by atoms with E-state index in [1.165, 1.54) is 0 Å². The van der Waals surface area contributed by atoms with Crippen molar-refractivity contribution >= 4 is 57.6 Å². The molecule has 0 saturated carbocycles. The number of phenols is 1. The molecular formula is C8H9ClFI2NO. The Morgan fingerprint density at radius 3 is 2.14 bits per heavy atom. The van der Waals surface area contributed by atoms with Gasteiger partial charge in [0.25, 0.3) is 0 Å². The highest BCUT2D eigenvalue weighted by atomic mass is 127. The van der Waals surface area contributed by atoms with E-state index >= 15 is 0 Å². The summed E-state index contributed by atoms with van der Waals surface area (Å²) in [6.07, 6.45) is 0. The van der Waals surface area contributed by atoms with Gasteiger partial charge in [-0.05, 0) is 62.9 Å². The SMILES string of the molecule is Cl.N[C@H](CF)c1cc(I)c(O)c(I)c1. The molecule has 14 heavy (non-hydrogen) atoms. The van der Waals surface area contributed by atoms with E-state index < -0.39 is 12.7 Å². The van der Waals surface area contributed by atoms with Gasteiger partial charge >= 0.3 is 0 Å². The number of nitrogens with two attached hydrogens (primary N) is 1. The summed E-state index contributed by atoms with van der Waals surface area (Å²) in [7, 11) is 0. The Bertz CT molecular complexity index is 301. The number of rotatable bonds is 2. The number of aromatic hydroxyl groups is 1. The normalized spacial score (nSPS) is 12.0. The molecule has 0 spiro atoms. The number of hydrogen-bond donors (Lipinski definition) is 2. The van der Waals surface area contributed by atoms with Crippen molar-refractivity contribution in [3.05, 3.63) is 24.8 Å². The average Bonchev–Trinajstić information content (AvgIpc) is 2.12. The summed E-state index contributed by atoms with van der Waals surface area (Å²) >= 11 is 3.98. The Hall–Kier alpha value is 0.660. The van der Waals surface area contributed by atoms with E-state index in [9.17, 15) is 9.50 Å². The summed E-state index contributed by atoms with van der Waals surface area (Å²) in [5.74, 6) is 0.232. The van der Waals surface area contributed by atoms with E-state index in [-0.39, 0.29) is 18.2 Å². The third-order valence-electron chi connectivity index (χ3n) is 1.63. The Morgan fingerprint density at radius 2 is 1.79 bits per heavy atom. The zero-order valence-electron chi connectivity index (χ0n) is 7.01. The Balaban J connectivity index is 0.00000169. The third-order valence-corrected chi connectivity index (χ3v) is 3.28. The van der Waals surface area contributed by atoms with Gasteiger partial charge in [-0.25, -0.2) is 4.39 Å². The maximum atomic E-state index is 12.2. The van der Waals surface area contributed by atoms with Gasteiger partial charge in [0.2, 0.25) is 0 Å². The first-order chi connectivity index (χ1) is 6.06. The van der Waals surface area contributed by atoms with Crippen LogP contribution in [0.3, 0.4) is 0 Å². The lowest BCUT2D eigenvalue weighted by Crippen LogP contribution is -2.12. The van der Waals surface area contributed by atoms with Crippen LogP contribution in [0.1, 0.15) is 11.6 Å². The van der Waals surface area contributed by atoms with Crippen molar-refractivity contribution < 1.29 is 9.50 Å². The molecule has 1 rings (SSSR count). The zero-order valence-corrected chi connectivity index (χ0v) is 12.1. The van der Waals surface area contributed by atoms with Crippen molar-refractivity contribution in [3.63, 3.8) is 0 Å². The molecule has 0 aliphatic rings. The van der Waals surface area contributed by atoms with Gasteiger partial charge in [-0.2, -0.15) is 0 Å². The fourth-order valence-electron chi connectivity index (χ4n) is 0.888. The highest BCUT2D eigenvalue weighted by molar-refractivity contribution is 14.1. The fraction of sp³-hybridized carbons (Fsp3) is 0.250. The number of hydrogen-bond acceptors (Lipinski definition) is 2. The van der Waals surface area contributed by atoms with E-state index in [4.69, 9.17) is 5.73 Å². The Morgan fingerprint density at radius 1 is 1.36 bits per heavy atom. The number of halogens is 4. The first-order valence-corrected chi connectivity index (χ1v) is 5.71. The van der Waals surface area contributed by atoms with Gasteiger partial charge in [-0.1, -0.05) is 0 Å². The zero-order chi connectivity index (χ0) is 10.0. The summed E-state index contributed by atoms with van der Waals surface area (Å²) in [5.41, 5.74) is 6.24. The second-order valence-corrected chi connectivity index (χ2v) is 4.92. The van der Waals surface area contributed by atoms with E-state index in [0.29, 0.717) is 12.7 Å². The molecular weight excluding hydrogens is 434 g/mol. The summed E-state index contributed by atoms with van der Waals surface area (Å²) in [6.45, 7) is -0.586. The monoisotopic (exact) mass is 443 g/mol. The Labute approximate surface area is 115 Å². The van der Waals surface area contributed by atoms with Crippen LogP contribution in [-0.4, -0.2) is 11.8 Å². The van der Waals surface area contributed by atoms with E-state index in [0.717, 1.165) is 0 Å². The number of alkyl halides is 1. The van der Waals surface area contributed by atoms with Crippen LogP contribution in [0.5, 0.6) is 5.75 Å². The Kier molecular flexibility index (Phi) is 6.58. The predicted octanol–water partition coefficient (Wildman–Crippen LogP) is 2.99. The van der Waals surface area contributed by atoms with E-state index in [1.54, 1.807) is 12.1 Å². The summed E-state index contributed by atoms with van der Waals surface area (Å²) in [4.78, 5) is 0. The summed E-state index contributed by atoms with van der Waals surface area (Å²) < 4.78 is 13.6. The van der Waals surface area contributed by atoms with Crippen molar-refractivity contribution in [3.8, 4) is 5.75 Å².